The summed E-state index contributed by atoms with van der Waals surface area (Å²) in [6.45, 7) is 8.57. The molecule has 148 valence electrons. The highest BCUT2D eigenvalue weighted by molar-refractivity contribution is 5.62. The van der Waals surface area contributed by atoms with Gasteiger partial charge in [-0.15, -0.1) is 0 Å². The molecule has 1 atom stereocenters. The van der Waals surface area contributed by atoms with E-state index in [4.69, 9.17) is 14.6 Å². The molecular formula is C21H35NO4. The predicted molar refractivity (Wildman–Crippen MR) is 105 cm³/mol. The quantitative estimate of drug-likeness (QED) is 0.774. The molecule has 0 aliphatic carbocycles. The van der Waals surface area contributed by atoms with Gasteiger partial charge in [0, 0.05) is 32.0 Å². The molecule has 1 aromatic rings. The number of fused-ring (bicyclic) bond motifs is 1. The first kappa shape index (κ1) is 22.5. The Bertz CT molecular complexity index is 530. The first-order valence-corrected chi connectivity index (χ1v) is 9.55. The molecule has 1 aromatic carbocycles. The van der Waals surface area contributed by atoms with Crippen LogP contribution in [0, 0.1) is 11.3 Å². The lowest BCUT2D eigenvalue weighted by Gasteiger charge is -2.35. The second kappa shape index (κ2) is 11.2. The fraction of sp³-hybridized carbons (Fsp3) is 0.667. The third-order valence-corrected chi connectivity index (χ3v) is 5.28. The minimum Gasteiger partial charge on any atom is -0.493 e. The number of aliphatic hydroxyl groups excluding tert-OH is 1. The van der Waals surface area contributed by atoms with Gasteiger partial charge in [-0.25, -0.2) is 0 Å². The lowest BCUT2D eigenvalue weighted by molar-refractivity contribution is -0.134. The number of hydrogen-bond acceptors (Lipinski definition) is 4. The number of nitrogens with zero attached hydrogens (tertiary/aromatic N) is 1. The van der Waals surface area contributed by atoms with Crippen LogP contribution < -0.4 is 4.74 Å². The number of para-hydroxylation sites is 1. The van der Waals surface area contributed by atoms with Crippen molar-refractivity contribution in [3.05, 3.63) is 29.8 Å². The smallest absolute Gasteiger partial charge is 0.300 e. The van der Waals surface area contributed by atoms with Gasteiger partial charge in [-0.1, -0.05) is 32.0 Å². The van der Waals surface area contributed by atoms with Crippen molar-refractivity contribution in [3.63, 3.8) is 0 Å². The highest BCUT2D eigenvalue weighted by atomic mass is 16.5. The van der Waals surface area contributed by atoms with Crippen molar-refractivity contribution >= 4 is 5.97 Å². The summed E-state index contributed by atoms with van der Waals surface area (Å²) in [5, 5.41) is 17.2. The van der Waals surface area contributed by atoms with Crippen LogP contribution in [0.3, 0.4) is 0 Å². The molecule has 5 heteroatoms. The number of ether oxygens (including phenoxy) is 1. The molecule has 1 heterocycles. The Hall–Kier alpha value is -1.59. The summed E-state index contributed by atoms with van der Waals surface area (Å²) in [6, 6.07) is 8.40. The van der Waals surface area contributed by atoms with Gasteiger partial charge in [0.15, 0.2) is 0 Å². The van der Waals surface area contributed by atoms with Crippen LogP contribution in [0.25, 0.3) is 0 Å². The average molecular weight is 366 g/mol. The maximum Gasteiger partial charge on any atom is 0.300 e. The molecule has 0 amide bonds. The van der Waals surface area contributed by atoms with Gasteiger partial charge < -0.3 is 19.8 Å². The van der Waals surface area contributed by atoms with Gasteiger partial charge in [0.25, 0.3) is 5.97 Å². The predicted octanol–water partition coefficient (Wildman–Crippen LogP) is 3.45. The number of carboxylic acid groups (broad SMARTS) is 1. The summed E-state index contributed by atoms with van der Waals surface area (Å²) in [4.78, 5) is 11.4. The molecule has 2 N–H and O–H groups in total. The third kappa shape index (κ3) is 7.34. The fourth-order valence-electron chi connectivity index (χ4n) is 3.54. The second-order valence-electron chi connectivity index (χ2n) is 7.40. The van der Waals surface area contributed by atoms with E-state index in [9.17, 15) is 5.11 Å². The van der Waals surface area contributed by atoms with Gasteiger partial charge in [0.2, 0.25) is 0 Å². The van der Waals surface area contributed by atoms with Crippen molar-refractivity contribution in [2.75, 3.05) is 33.4 Å². The largest absolute Gasteiger partial charge is 0.493 e. The highest BCUT2D eigenvalue weighted by Crippen LogP contribution is 2.29. The molecule has 0 aromatic heterocycles. The maximum absolute atomic E-state index is 9.76. The summed E-state index contributed by atoms with van der Waals surface area (Å²) in [7, 11) is 2.19. The molecule has 0 radical (unpaired) electrons. The number of rotatable bonds is 7. The van der Waals surface area contributed by atoms with Crippen molar-refractivity contribution in [2.24, 2.45) is 11.3 Å². The molecular weight excluding hydrogens is 330 g/mol. The lowest BCUT2D eigenvalue weighted by atomic mass is 9.82. The number of carbonyl (C=O) groups is 1. The van der Waals surface area contributed by atoms with Crippen LogP contribution in [-0.2, 0) is 11.2 Å². The minimum absolute atomic E-state index is 0.0495. The van der Waals surface area contributed by atoms with Crippen molar-refractivity contribution in [3.8, 4) is 5.75 Å². The molecule has 0 spiro atoms. The second-order valence-corrected chi connectivity index (χ2v) is 7.40. The van der Waals surface area contributed by atoms with Crippen LogP contribution in [0.1, 0.15) is 45.6 Å². The van der Waals surface area contributed by atoms with Crippen LogP contribution in [0.5, 0.6) is 5.75 Å². The van der Waals surface area contributed by atoms with Crippen molar-refractivity contribution in [2.45, 2.75) is 46.5 Å². The standard InChI is InChI=1S/C19H31NO2.C2H4O2/c1-4-19(5-2,15-21)14-20(3)13-16-10-11-22-18-9-7-6-8-17(18)12-16;1-2(3)4/h6-9,16,21H,4-5,10-15H2,1-3H3;1H3,(H,3,4). The molecule has 0 fully saturated rings. The van der Waals surface area contributed by atoms with Crippen molar-refractivity contribution < 1.29 is 19.7 Å². The van der Waals surface area contributed by atoms with E-state index in [1.165, 1.54) is 5.56 Å². The molecule has 1 unspecified atom stereocenters. The third-order valence-electron chi connectivity index (χ3n) is 5.28. The van der Waals surface area contributed by atoms with E-state index in [0.717, 1.165) is 58.1 Å². The van der Waals surface area contributed by atoms with Crippen LogP contribution in [0.4, 0.5) is 0 Å². The molecule has 2 rings (SSSR count). The van der Waals surface area contributed by atoms with Gasteiger partial charge in [0.05, 0.1) is 6.61 Å². The van der Waals surface area contributed by atoms with Crippen LogP contribution in [0.2, 0.25) is 0 Å². The zero-order valence-corrected chi connectivity index (χ0v) is 16.7. The number of aliphatic carboxylic acids is 1. The number of benzene rings is 1. The summed E-state index contributed by atoms with van der Waals surface area (Å²) >= 11 is 0. The Balaban J connectivity index is 0.000000765. The average Bonchev–Trinajstić information content (AvgIpc) is 2.81. The van der Waals surface area contributed by atoms with Gasteiger partial charge >= 0.3 is 0 Å². The van der Waals surface area contributed by atoms with Gasteiger partial charge in [-0.3, -0.25) is 4.79 Å². The van der Waals surface area contributed by atoms with E-state index >= 15 is 0 Å². The summed E-state index contributed by atoms with van der Waals surface area (Å²) < 4.78 is 5.87. The summed E-state index contributed by atoms with van der Waals surface area (Å²) in [6.07, 6.45) is 4.25. The Morgan fingerprint density at radius 2 is 1.92 bits per heavy atom. The summed E-state index contributed by atoms with van der Waals surface area (Å²) in [5.41, 5.74) is 1.38. The fourth-order valence-corrected chi connectivity index (χ4v) is 3.54. The molecule has 5 nitrogen and oxygen atoms in total. The Morgan fingerprint density at radius 1 is 1.31 bits per heavy atom. The van der Waals surface area contributed by atoms with Gasteiger partial charge in [-0.2, -0.15) is 0 Å². The highest BCUT2D eigenvalue weighted by Gasteiger charge is 2.28. The van der Waals surface area contributed by atoms with Crippen LogP contribution in [-0.4, -0.2) is 54.4 Å². The van der Waals surface area contributed by atoms with E-state index in [0.29, 0.717) is 5.92 Å². The summed E-state index contributed by atoms with van der Waals surface area (Å²) in [5.74, 6) is 0.846. The SMILES string of the molecule is CC(=O)O.CCC(CC)(CO)CN(C)CC1CCOc2ccccc2C1. The Morgan fingerprint density at radius 3 is 2.50 bits per heavy atom. The van der Waals surface area contributed by atoms with Crippen molar-refractivity contribution in [1.29, 1.82) is 0 Å². The first-order chi connectivity index (χ1) is 12.4. The van der Waals surface area contributed by atoms with Crippen molar-refractivity contribution in [1.82, 2.24) is 4.90 Å². The first-order valence-electron chi connectivity index (χ1n) is 9.55. The van der Waals surface area contributed by atoms with E-state index in [1.807, 2.05) is 6.07 Å². The Labute approximate surface area is 158 Å². The molecule has 0 bridgehead atoms. The molecule has 0 saturated heterocycles. The maximum atomic E-state index is 9.76. The zero-order chi connectivity index (χ0) is 19.6. The van der Waals surface area contributed by atoms with Gasteiger partial charge in [-0.05, 0) is 50.3 Å². The van der Waals surface area contributed by atoms with Crippen LogP contribution in [0.15, 0.2) is 24.3 Å². The van der Waals surface area contributed by atoms with Crippen LogP contribution >= 0.6 is 0 Å². The topological polar surface area (TPSA) is 70.0 Å². The molecule has 26 heavy (non-hydrogen) atoms. The van der Waals surface area contributed by atoms with E-state index in [2.05, 4.69) is 44.0 Å². The monoisotopic (exact) mass is 365 g/mol. The van der Waals surface area contributed by atoms with Gasteiger partial charge in [0.1, 0.15) is 5.75 Å². The molecule has 0 saturated carbocycles. The van der Waals surface area contributed by atoms with E-state index < -0.39 is 5.97 Å². The van der Waals surface area contributed by atoms with E-state index in [-0.39, 0.29) is 12.0 Å². The number of hydrogen-bond donors (Lipinski definition) is 2. The Kier molecular flexibility index (Phi) is 9.66. The minimum atomic E-state index is -0.833. The normalized spacial score (nSPS) is 16.8. The van der Waals surface area contributed by atoms with E-state index in [1.54, 1.807) is 0 Å². The number of carboxylic acids is 1. The zero-order valence-electron chi connectivity index (χ0n) is 16.7. The molecule has 1 aliphatic heterocycles. The number of aliphatic hydroxyl groups is 1. The lowest BCUT2D eigenvalue weighted by Crippen LogP contribution is -2.40. The molecule has 1 aliphatic rings.